The van der Waals surface area contributed by atoms with Crippen LogP contribution in [0.4, 0.5) is 5.82 Å². The van der Waals surface area contributed by atoms with E-state index >= 15 is 0 Å². The van der Waals surface area contributed by atoms with Gasteiger partial charge in [0, 0.05) is 43.8 Å². The Kier molecular flexibility index (Phi) is 7.64. The van der Waals surface area contributed by atoms with Crippen LogP contribution in [0.15, 0.2) is 6.33 Å². The maximum Gasteiger partial charge on any atom is 0.161 e. The zero-order valence-corrected chi connectivity index (χ0v) is 14.9. The Morgan fingerprint density at radius 2 is 2.00 bits per heavy atom. The molecule has 136 valence electrons. The maximum atomic E-state index is 9.95. The number of nitrogens with one attached hydrogen (secondary N) is 1. The van der Waals surface area contributed by atoms with E-state index in [2.05, 4.69) is 15.3 Å². The molecular formula is C16H26ClN3O4. The quantitative estimate of drug-likeness (QED) is 0.455. The van der Waals surface area contributed by atoms with Crippen molar-refractivity contribution in [2.24, 2.45) is 5.92 Å². The van der Waals surface area contributed by atoms with Gasteiger partial charge in [-0.25, -0.2) is 9.97 Å². The van der Waals surface area contributed by atoms with Crippen molar-refractivity contribution in [2.75, 3.05) is 25.1 Å². The second-order valence-electron chi connectivity index (χ2n) is 5.86. The standard InChI is InChI=1S/C16H26ClN3O4/c1-3-23-14(24-4-2)7-12-15(17)18-9-19-16(12)20-11-5-10(8-21)13(22)6-11/h9-11,13-14,21-22H,3-8H2,1-2H3,(H,18,19,20)/t10-,11+,13-/m0/s1. The predicted molar refractivity (Wildman–Crippen MR) is 91.0 cm³/mol. The molecule has 1 aliphatic carbocycles. The Bertz CT molecular complexity index is 514. The van der Waals surface area contributed by atoms with Gasteiger partial charge in [0.1, 0.15) is 17.3 Å². The molecule has 0 unspecified atom stereocenters. The van der Waals surface area contributed by atoms with Gasteiger partial charge in [0.2, 0.25) is 0 Å². The largest absolute Gasteiger partial charge is 0.396 e. The van der Waals surface area contributed by atoms with Gasteiger partial charge in [-0.05, 0) is 26.7 Å². The first kappa shape index (κ1) is 19.3. The number of aromatic nitrogens is 2. The molecule has 1 saturated carbocycles. The van der Waals surface area contributed by atoms with E-state index < -0.39 is 12.4 Å². The first-order valence-electron chi connectivity index (χ1n) is 8.37. The predicted octanol–water partition coefficient (Wildman–Crippen LogP) is 1.62. The van der Waals surface area contributed by atoms with Crippen LogP contribution >= 0.6 is 11.6 Å². The molecule has 0 spiro atoms. The normalized spacial score (nSPS) is 23.8. The van der Waals surface area contributed by atoms with Gasteiger partial charge in [-0.3, -0.25) is 0 Å². The van der Waals surface area contributed by atoms with Gasteiger partial charge < -0.3 is 25.0 Å². The molecule has 1 heterocycles. The summed E-state index contributed by atoms with van der Waals surface area (Å²) in [6, 6.07) is 0.0273. The Hall–Kier alpha value is -0.990. The molecule has 3 N–H and O–H groups in total. The molecule has 0 aromatic carbocycles. The highest BCUT2D eigenvalue weighted by atomic mass is 35.5. The summed E-state index contributed by atoms with van der Waals surface area (Å²) in [6.07, 6.45) is 2.16. The summed E-state index contributed by atoms with van der Waals surface area (Å²) >= 11 is 6.25. The van der Waals surface area contributed by atoms with Gasteiger partial charge in [-0.2, -0.15) is 0 Å². The summed E-state index contributed by atoms with van der Waals surface area (Å²) in [5, 5.41) is 22.9. The minimum atomic E-state index is -0.507. The monoisotopic (exact) mass is 359 g/mol. The van der Waals surface area contributed by atoms with E-state index in [1.165, 1.54) is 6.33 Å². The third kappa shape index (κ3) is 5.00. The highest BCUT2D eigenvalue weighted by Crippen LogP contribution is 2.30. The lowest BCUT2D eigenvalue weighted by atomic mass is 10.1. The van der Waals surface area contributed by atoms with Crippen LogP contribution in [0, 0.1) is 5.92 Å². The van der Waals surface area contributed by atoms with Crippen molar-refractivity contribution in [3.63, 3.8) is 0 Å². The molecule has 1 fully saturated rings. The Morgan fingerprint density at radius 3 is 2.58 bits per heavy atom. The Labute approximate surface area is 147 Å². The third-order valence-electron chi connectivity index (χ3n) is 4.20. The van der Waals surface area contributed by atoms with Crippen LogP contribution in [0.25, 0.3) is 0 Å². The lowest BCUT2D eigenvalue weighted by Crippen LogP contribution is -2.24. The molecule has 8 heteroatoms. The Balaban J connectivity index is 2.11. The number of aliphatic hydroxyl groups excluding tert-OH is 2. The van der Waals surface area contributed by atoms with E-state index in [9.17, 15) is 10.2 Å². The Morgan fingerprint density at radius 1 is 1.29 bits per heavy atom. The number of nitrogens with zero attached hydrogens (tertiary/aromatic N) is 2. The van der Waals surface area contributed by atoms with Crippen LogP contribution < -0.4 is 5.32 Å². The lowest BCUT2D eigenvalue weighted by molar-refractivity contribution is -0.134. The van der Waals surface area contributed by atoms with E-state index in [1.54, 1.807) is 0 Å². The first-order valence-corrected chi connectivity index (χ1v) is 8.74. The summed E-state index contributed by atoms with van der Waals surface area (Å²) in [5.41, 5.74) is 0.730. The second kappa shape index (κ2) is 9.48. The fraction of sp³-hybridized carbons (Fsp3) is 0.750. The van der Waals surface area contributed by atoms with Gasteiger partial charge in [0.15, 0.2) is 6.29 Å². The van der Waals surface area contributed by atoms with Gasteiger partial charge in [0.25, 0.3) is 0 Å². The van der Waals surface area contributed by atoms with Gasteiger partial charge in [0.05, 0.1) is 6.10 Å². The van der Waals surface area contributed by atoms with E-state index in [0.29, 0.717) is 43.4 Å². The molecule has 0 radical (unpaired) electrons. The van der Waals surface area contributed by atoms with E-state index in [0.717, 1.165) is 5.56 Å². The number of ether oxygens (including phenoxy) is 2. The van der Waals surface area contributed by atoms with Gasteiger partial charge in [-0.1, -0.05) is 11.6 Å². The molecule has 24 heavy (non-hydrogen) atoms. The smallest absolute Gasteiger partial charge is 0.161 e. The average molecular weight is 360 g/mol. The number of halogens is 1. The zero-order valence-electron chi connectivity index (χ0n) is 14.1. The van der Waals surface area contributed by atoms with Gasteiger partial charge >= 0.3 is 0 Å². The zero-order chi connectivity index (χ0) is 17.5. The molecule has 0 amide bonds. The average Bonchev–Trinajstić information content (AvgIpc) is 2.90. The second-order valence-corrected chi connectivity index (χ2v) is 6.22. The first-order chi connectivity index (χ1) is 11.6. The molecule has 3 atom stereocenters. The summed E-state index contributed by atoms with van der Waals surface area (Å²) < 4.78 is 11.2. The summed E-state index contributed by atoms with van der Waals surface area (Å²) in [4.78, 5) is 8.34. The maximum absolute atomic E-state index is 9.95. The summed E-state index contributed by atoms with van der Waals surface area (Å²) in [5.74, 6) is 0.512. The molecule has 1 aromatic heterocycles. The van der Waals surface area contributed by atoms with Gasteiger partial charge in [-0.15, -0.1) is 0 Å². The van der Waals surface area contributed by atoms with E-state index in [4.69, 9.17) is 21.1 Å². The third-order valence-corrected chi connectivity index (χ3v) is 4.53. The number of anilines is 1. The minimum absolute atomic E-state index is 0.0203. The fourth-order valence-electron chi connectivity index (χ4n) is 3.01. The SMILES string of the molecule is CCOC(Cc1c(Cl)ncnc1N[C@@H]1C[C@@H](CO)[C@@H](O)C1)OCC. The number of rotatable bonds is 9. The van der Waals surface area contributed by atoms with Crippen LogP contribution in [-0.2, 0) is 15.9 Å². The highest BCUT2D eigenvalue weighted by Gasteiger charge is 2.33. The van der Waals surface area contributed by atoms with Crippen molar-refractivity contribution >= 4 is 17.4 Å². The molecule has 1 aliphatic rings. The minimum Gasteiger partial charge on any atom is -0.396 e. The van der Waals surface area contributed by atoms with Crippen LogP contribution in [0.3, 0.4) is 0 Å². The van der Waals surface area contributed by atoms with Crippen LogP contribution in [0.5, 0.6) is 0 Å². The van der Waals surface area contributed by atoms with Crippen molar-refractivity contribution in [2.45, 2.75) is 51.5 Å². The van der Waals surface area contributed by atoms with Crippen molar-refractivity contribution in [1.82, 2.24) is 9.97 Å². The lowest BCUT2D eigenvalue weighted by Gasteiger charge is -2.21. The highest BCUT2D eigenvalue weighted by molar-refractivity contribution is 6.30. The topological polar surface area (TPSA) is 96.7 Å². The van der Waals surface area contributed by atoms with Crippen LogP contribution in [0.2, 0.25) is 5.15 Å². The number of aliphatic hydroxyl groups is 2. The van der Waals surface area contributed by atoms with Crippen LogP contribution in [0.1, 0.15) is 32.3 Å². The van der Waals surface area contributed by atoms with Crippen molar-refractivity contribution in [3.8, 4) is 0 Å². The molecular weight excluding hydrogens is 334 g/mol. The van der Waals surface area contributed by atoms with Crippen LogP contribution in [-0.4, -0.2) is 58.4 Å². The van der Waals surface area contributed by atoms with Crippen molar-refractivity contribution in [1.29, 1.82) is 0 Å². The summed E-state index contributed by atoms with van der Waals surface area (Å²) in [7, 11) is 0. The molecule has 2 rings (SSSR count). The molecule has 0 aliphatic heterocycles. The van der Waals surface area contributed by atoms with Crippen molar-refractivity contribution in [3.05, 3.63) is 17.0 Å². The number of hydrogen-bond donors (Lipinski definition) is 3. The van der Waals surface area contributed by atoms with E-state index in [1.807, 2.05) is 13.8 Å². The van der Waals surface area contributed by atoms with E-state index in [-0.39, 0.29) is 18.6 Å². The number of hydrogen-bond acceptors (Lipinski definition) is 7. The van der Waals surface area contributed by atoms with Crippen molar-refractivity contribution < 1.29 is 19.7 Å². The molecule has 0 saturated heterocycles. The molecule has 0 bridgehead atoms. The molecule has 7 nitrogen and oxygen atoms in total. The molecule has 1 aromatic rings. The fourth-order valence-corrected chi connectivity index (χ4v) is 3.22. The summed E-state index contributed by atoms with van der Waals surface area (Å²) in [6.45, 7) is 4.86.